The molecule has 2 aromatic rings. The minimum Gasteiger partial charge on any atom is -0.384 e. The van der Waals surface area contributed by atoms with Crippen molar-refractivity contribution in [1.82, 2.24) is 0 Å². The van der Waals surface area contributed by atoms with E-state index in [4.69, 9.17) is 11.6 Å². The van der Waals surface area contributed by atoms with Gasteiger partial charge in [0.1, 0.15) is 0 Å². The molecular formula is C15H13ClF3NS. The fraction of sp³-hybridized carbons (Fsp3) is 0.200. The van der Waals surface area contributed by atoms with Crippen LogP contribution < -0.4 is 5.32 Å². The fourth-order valence-corrected chi connectivity index (χ4v) is 2.75. The average molecular weight is 332 g/mol. The maximum absolute atomic E-state index is 12.7. The topological polar surface area (TPSA) is 12.0 Å². The van der Waals surface area contributed by atoms with Crippen LogP contribution in [0.25, 0.3) is 0 Å². The van der Waals surface area contributed by atoms with E-state index in [1.165, 1.54) is 6.07 Å². The van der Waals surface area contributed by atoms with Gasteiger partial charge in [0.25, 0.3) is 0 Å². The number of nitrogens with one attached hydrogen (secondary N) is 1. The Morgan fingerprint density at radius 2 is 1.76 bits per heavy atom. The predicted octanol–water partition coefficient (Wildman–Crippen LogP) is 5.56. The molecule has 2 rings (SSSR count). The highest BCUT2D eigenvalue weighted by Crippen LogP contribution is 2.36. The standard InChI is InChI=1S/C15H13ClF3NS/c16-14-7-6-11(10-13(14)15(17,18)19)20-8-9-21-12-4-2-1-3-5-12/h1-7,10,20H,8-9H2. The molecule has 6 heteroatoms. The van der Waals surface area contributed by atoms with Crippen molar-refractivity contribution in [1.29, 1.82) is 0 Å². The van der Waals surface area contributed by atoms with Crippen molar-refractivity contribution in [2.24, 2.45) is 0 Å². The fourth-order valence-electron chi connectivity index (χ4n) is 1.73. The van der Waals surface area contributed by atoms with E-state index in [9.17, 15) is 13.2 Å². The van der Waals surface area contributed by atoms with Crippen LogP contribution in [0, 0.1) is 0 Å². The van der Waals surface area contributed by atoms with Crippen molar-refractivity contribution in [3.8, 4) is 0 Å². The molecule has 0 unspecified atom stereocenters. The van der Waals surface area contributed by atoms with Gasteiger partial charge < -0.3 is 5.32 Å². The number of anilines is 1. The van der Waals surface area contributed by atoms with E-state index >= 15 is 0 Å². The van der Waals surface area contributed by atoms with E-state index in [1.54, 1.807) is 17.8 Å². The third kappa shape index (κ3) is 4.86. The van der Waals surface area contributed by atoms with Crippen LogP contribution in [0.15, 0.2) is 53.4 Å². The van der Waals surface area contributed by atoms with Crippen molar-refractivity contribution in [3.05, 3.63) is 59.1 Å². The second-order valence-corrected chi connectivity index (χ2v) is 5.86. The number of alkyl halides is 3. The van der Waals surface area contributed by atoms with E-state index in [1.807, 2.05) is 30.3 Å². The summed E-state index contributed by atoms with van der Waals surface area (Å²) in [6.07, 6.45) is -4.44. The van der Waals surface area contributed by atoms with Gasteiger partial charge in [-0.2, -0.15) is 13.2 Å². The molecule has 0 aliphatic heterocycles. The zero-order valence-corrected chi connectivity index (χ0v) is 12.5. The van der Waals surface area contributed by atoms with Gasteiger partial charge in [0.2, 0.25) is 0 Å². The molecule has 0 aliphatic carbocycles. The largest absolute Gasteiger partial charge is 0.417 e. The number of hydrogen-bond donors (Lipinski definition) is 1. The first-order valence-corrected chi connectivity index (χ1v) is 7.61. The highest BCUT2D eigenvalue weighted by molar-refractivity contribution is 7.99. The summed E-state index contributed by atoms with van der Waals surface area (Å²) in [4.78, 5) is 1.13. The lowest BCUT2D eigenvalue weighted by atomic mass is 10.2. The molecule has 0 aromatic heterocycles. The zero-order chi connectivity index (χ0) is 15.3. The van der Waals surface area contributed by atoms with E-state index in [2.05, 4.69) is 5.32 Å². The molecule has 0 amide bonds. The van der Waals surface area contributed by atoms with Crippen molar-refractivity contribution in [2.75, 3.05) is 17.6 Å². The smallest absolute Gasteiger partial charge is 0.384 e. The van der Waals surface area contributed by atoms with Crippen molar-refractivity contribution < 1.29 is 13.2 Å². The molecule has 1 N–H and O–H groups in total. The Balaban J connectivity index is 1.89. The van der Waals surface area contributed by atoms with E-state index in [0.29, 0.717) is 12.2 Å². The van der Waals surface area contributed by atoms with Gasteiger partial charge >= 0.3 is 6.18 Å². The molecular weight excluding hydrogens is 319 g/mol. The lowest BCUT2D eigenvalue weighted by Crippen LogP contribution is -2.09. The lowest BCUT2D eigenvalue weighted by molar-refractivity contribution is -0.137. The SMILES string of the molecule is FC(F)(F)c1cc(NCCSc2ccccc2)ccc1Cl. The molecule has 0 atom stereocenters. The number of hydrogen-bond acceptors (Lipinski definition) is 2. The van der Waals surface area contributed by atoms with Crippen LogP contribution in [-0.2, 0) is 6.18 Å². The molecule has 21 heavy (non-hydrogen) atoms. The van der Waals surface area contributed by atoms with Crippen LogP contribution in [0.4, 0.5) is 18.9 Å². The summed E-state index contributed by atoms with van der Waals surface area (Å²) in [5.74, 6) is 0.758. The Morgan fingerprint density at radius 3 is 2.43 bits per heavy atom. The highest BCUT2D eigenvalue weighted by Gasteiger charge is 2.33. The second-order valence-electron chi connectivity index (χ2n) is 4.28. The van der Waals surface area contributed by atoms with Crippen LogP contribution in [0.3, 0.4) is 0 Å². The van der Waals surface area contributed by atoms with Gasteiger partial charge in [-0.25, -0.2) is 0 Å². The molecule has 0 spiro atoms. The van der Waals surface area contributed by atoms with Crippen LogP contribution in [0.5, 0.6) is 0 Å². The summed E-state index contributed by atoms with van der Waals surface area (Å²) < 4.78 is 38.2. The maximum atomic E-state index is 12.7. The predicted molar refractivity (Wildman–Crippen MR) is 82.1 cm³/mol. The van der Waals surface area contributed by atoms with Gasteiger partial charge in [-0.3, -0.25) is 0 Å². The minimum absolute atomic E-state index is 0.285. The molecule has 0 saturated heterocycles. The van der Waals surface area contributed by atoms with Crippen molar-refractivity contribution in [2.45, 2.75) is 11.1 Å². The monoisotopic (exact) mass is 331 g/mol. The van der Waals surface area contributed by atoms with Crippen molar-refractivity contribution >= 4 is 29.1 Å². The van der Waals surface area contributed by atoms with Gasteiger partial charge in [0.05, 0.1) is 10.6 Å². The summed E-state index contributed by atoms with van der Waals surface area (Å²) in [5, 5.41) is 2.69. The average Bonchev–Trinajstić information content (AvgIpc) is 2.45. The van der Waals surface area contributed by atoms with Gasteiger partial charge in [-0.1, -0.05) is 29.8 Å². The van der Waals surface area contributed by atoms with Gasteiger partial charge in [-0.15, -0.1) is 11.8 Å². The Hall–Kier alpha value is -1.33. The number of thioether (sulfide) groups is 1. The van der Waals surface area contributed by atoms with Crippen LogP contribution >= 0.6 is 23.4 Å². The molecule has 0 saturated carbocycles. The first-order chi connectivity index (χ1) is 9.97. The lowest BCUT2D eigenvalue weighted by Gasteiger charge is -2.12. The molecule has 0 aliphatic rings. The van der Waals surface area contributed by atoms with Gasteiger partial charge in [0.15, 0.2) is 0 Å². The number of halogens is 4. The molecule has 1 nitrogen and oxygen atoms in total. The highest BCUT2D eigenvalue weighted by atomic mass is 35.5. The summed E-state index contributed by atoms with van der Waals surface area (Å²) in [6.45, 7) is 0.568. The third-order valence-electron chi connectivity index (χ3n) is 2.71. The summed E-state index contributed by atoms with van der Waals surface area (Å²) >= 11 is 7.21. The second kappa shape index (κ2) is 7.09. The minimum atomic E-state index is -4.44. The normalized spacial score (nSPS) is 11.4. The van der Waals surface area contributed by atoms with E-state index in [-0.39, 0.29) is 5.02 Å². The number of benzene rings is 2. The maximum Gasteiger partial charge on any atom is 0.417 e. The summed E-state index contributed by atoms with van der Waals surface area (Å²) in [6, 6.07) is 13.7. The number of rotatable bonds is 5. The Bertz CT molecular complexity index is 587. The molecule has 0 fully saturated rings. The summed E-state index contributed by atoms with van der Waals surface area (Å²) in [7, 11) is 0. The Morgan fingerprint density at radius 1 is 1.05 bits per heavy atom. The van der Waals surface area contributed by atoms with Gasteiger partial charge in [0, 0.05) is 22.9 Å². The third-order valence-corrected chi connectivity index (χ3v) is 4.06. The molecule has 2 aromatic carbocycles. The van der Waals surface area contributed by atoms with E-state index in [0.717, 1.165) is 16.7 Å². The van der Waals surface area contributed by atoms with Crippen LogP contribution in [-0.4, -0.2) is 12.3 Å². The Kier molecular flexibility index (Phi) is 5.42. The van der Waals surface area contributed by atoms with Crippen molar-refractivity contribution in [3.63, 3.8) is 0 Å². The quantitative estimate of drug-likeness (QED) is 0.568. The molecule has 0 heterocycles. The van der Waals surface area contributed by atoms with Gasteiger partial charge in [-0.05, 0) is 30.3 Å². The van der Waals surface area contributed by atoms with E-state index < -0.39 is 11.7 Å². The zero-order valence-electron chi connectivity index (χ0n) is 11.0. The van der Waals surface area contributed by atoms with Crippen LogP contribution in [0.1, 0.15) is 5.56 Å². The molecule has 0 radical (unpaired) electrons. The first-order valence-electron chi connectivity index (χ1n) is 6.25. The summed E-state index contributed by atoms with van der Waals surface area (Å²) in [5.41, 5.74) is -0.398. The first kappa shape index (κ1) is 16.0. The Labute approximate surface area is 130 Å². The van der Waals surface area contributed by atoms with Crippen LogP contribution in [0.2, 0.25) is 5.02 Å². The molecule has 0 bridgehead atoms. The molecule has 112 valence electrons.